The van der Waals surface area contributed by atoms with Crippen LogP contribution in [-0.2, 0) is 18.3 Å². The Balaban J connectivity index is 1.62. The smallest absolute Gasteiger partial charge is 0.0771 e. The summed E-state index contributed by atoms with van der Waals surface area (Å²) >= 11 is 0. The third-order valence-electron chi connectivity index (χ3n) is 3.95. The molecule has 1 fully saturated rings. The van der Waals surface area contributed by atoms with E-state index in [1.54, 1.807) is 0 Å². The van der Waals surface area contributed by atoms with Crippen LogP contribution in [0.2, 0.25) is 0 Å². The maximum absolute atomic E-state index is 5.64. The van der Waals surface area contributed by atoms with Crippen molar-refractivity contribution < 1.29 is 4.74 Å². The van der Waals surface area contributed by atoms with Gasteiger partial charge < -0.3 is 10.1 Å². The van der Waals surface area contributed by atoms with Gasteiger partial charge in [0.15, 0.2) is 0 Å². The fourth-order valence-corrected chi connectivity index (χ4v) is 2.91. The zero-order chi connectivity index (χ0) is 14.8. The summed E-state index contributed by atoms with van der Waals surface area (Å²) in [7, 11) is 1.95. The Kier molecular flexibility index (Phi) is 3.96. The summed E-state index contributed by atoms with van der Waals surface area (Å²) in [5.74, 6) is 0. The van der Waals surface area contributed by atoms with Crippen LogP contribution in [0.15, 0.2) is 18.6 Å². The lowest BCUT2D eigenvalue weighted by Crippen LogP contribution is -2.15. The van der Waals surface area contributed by atoms with Crippen LogP contribution in [0.4, 0.5) is 5.69 Å². The van der Waals surface area contributed by atoms with Crippen molar-refractivity contribution in [3.05, 3.63) is 29.8 Å². The molecular formula is C15H23N5O. The van der Waals surface area contributed by atoms with E-state index in [9.17, 15) is 0 Å². The lowest BCUT2D eigenvalue weighted by atomic mass is 10.1. The quantitative estimate of drug-likeness (QED) is 0.917. The molecule has 0 aliphatic carbocycles. The van der Waals surface area contributed by atoms with Crippen molar-refractivity contribution in [3.63, 3.8) is 0 Å². The zero-order valence-electron chi connectivity index (χ0n) is 12.9. The highest BCUT2D eigenvalue weighted by molar-refractivity contribution is 5.41. The minimum Gasteiger partial charge on any atom is -0.376 e. The summed E-state index contributed by atoms with van der Waals surface area (Å²) in [5, 5.41) is 12.3. The molecular weight excluding hydrogens is 266 g/mol. The summed E-state index contributed by atoms with van der Waals surface area (Å²) in [5.41, 5.74) is 3.30. The number of nitrogens with one attached hydrogen (secondary N) is 1. The van der Waals surface area contributed by atoms with E-state index in [4.69, 9.17) is 4.74 Å². The molecule has 0 aromatic carbocycles. The van der Waals surface area contributed by atoms with E-state index in [0.717, 1.165) is 37.4 Å². The average Bonchev–Trinajstić information content (AvgIpc) is 3.13. The second-order valence-corrected chi connectivity index (χ2v) is 5.80. The van der Waals surface area contributed by atoms with Crippen molar-refractivity contribution >= 4 is 5.69 Å². The molecule has 2 aromatic heterocycles. The van der Waals surface area contributed by atoms with Gasteiger partial charge in [-0.25, -0.2) is 0 Å². The minimum absolute atomic E-state index is 0.207. The number of hydrogen-bond acceptors (Lipinski definition) is 4. The minimum atomic E-state index is 0.207. The molecule has 6 nitrogen and oxygen atoms in total. The summed E-state index contributed by atoms with van der Waals surface area (Å²) in [6.07, 6.45) is 8.59. The molecule has 21 heavy (non-hydrogen) atoms. The molecule has 3 rings (SSSR count). The van der Waals surface area contributed by atoms with Crippen LogP contribution in [0.5, 0.6) is 0 Å². The lowest BCUT2D eigenvalue weighted by Gasteiger charge is -2.13. The molecule has 6 heteroatoms. The van der Waals surface area contributed by atoms with Gasteiger partial charge in [-0.1, -0.05) is 0 Å². The average molecular weight is 289 g/mol. The Morgan fingerprint density at radius 1 is 1.48 bits per heavy atom. The van der Waals surface area contributed by atoms with Crippen molar-refractivity contribution in [3.8, 4) is 0 Å². The Morgan fingerprint density at radius 3 is 3.00 bits per heavy atom. The van der Waals surface area contributed by atoms with Gasteiger partial charge in [0.1, 0.15) is 0 Å². The van der Waals surface area contributed by atoms with Gasteiger partial charge in [0, 0.05) is 31.6 Å². The van der Waals surface area contributed by atoms with Crippen LogP contribution in [0.25, 0.3) is 0 Å². The van der Waals surface area contributed by atoms with Gasteiger partial charge in [-0.05, 0) is 26.7 Å². The summed E-state index contributed by atoms with van der Waals surface area (Å²) in [6, 6.07) is 0.207. The first-order chi connectivity index (χ1) is 10.1. The van der Waals surface area contributed by atoms with Crippen LogP contribution in [0.1, 0.15) is 37.1 Å². The van der Waals surface area contributed by atoms with Gasteiger partial charge in [0.2, 0.25) is 0 Å². The second kappa shape index (κ2) is 5.89. The van der Waals surface area contributed by atoms with Gasteiger partial charge in [-0.3, -0.25) is 9.36 Å². The number of rotatable bonds is 5. The van der Waals surface area contributed by atoms with E-state index in [0.29, 0.717) is 6.10 Å². The van der Waals surface area contributed by atoms with Crippen LogP contribution >= 0.6 is 0 Å². The predicted molar refractivity (Wildman–Crippen MR) is 81.2 cm³/mol. The highest BCUT2D eigenvalue weighted by Gasteiger charge is 2.17. The second-order valence-electron chi connectivity index (χ2n) is 5.80. The van der Waals surface area contributed by atoms with Gasteiger partial charge in [-0.2, -0.15) is 10.2 Å². The highest BCUT2D eigenvalue weighted by Crippen LogP contribution is 2.21. The Labute approximate surface area is 125 Å². The standard InChI is InChI=1S/C15H23N5O/c1-11(15-10-19(3)18-12(15)2)17-13-7-16-20(8-13)9-14-5-4-6-21-14/h7-8,10-11,14,17H,4-6,9H2,1-3H3. The number of aromatic nitrogens is 4. The van der Waals surface area contributed by atoms with Crippen LogP contribution in [-0.4, -0.2) is 32.3 Å². The van der Waals surface area contributed by atoms with Crippen molar-refractivity contribution in [2.75, 3.05) is 11.9 Å². The fourth-order valence-electron chi connectivity index (χ4n) is 2.91. The highest BCUT2D eigenvalue weighted by atomic mass is 16.5. The molecule has 0 bridgehead atoms. The van der Waals surface area contributed by atoms with Gasteiger partial charge >= 0.3 is 0 Å². The summed E-state index contributed by atoms with van der Waals surface area (Å²) in [4.78, 5) is 0. The van der Waals surface area contributed by atoms with E-state index in [1.165, 1.54) is 5.56 Å². The van der Waals surface area contributed by atoms with Crippen molar-refractivity contribution in [2.45, 2.75) is 45.4 Å². The Bertz CT molecular complexity index is 597. The van der Waals surface area contributed by atoms with Crippen LogP contribution in [0.3, 0.4) is 0 Å². The number of nitrogens with zero attached hydrogens (tertiary/aromatic N) is 4. The maximum atomic E-state index is 5.64. The number of hydrogen-bond donors (Lipinski definition) is 1. The molecule has 1 N–H and O–H groups in total. The van der Waals surface area contributed by atoms with Crippen molar-refractivity contribution in [2.24, 2.45) is 7.05 Å². The van der Waals surface area contributed by atoms with E-state index >= 15 is 0 Å². The number of ether oxygens (including phenoxy) is 1. The van der Waals surface area contributed by atoms with E-state index in [-0.39, 0.29) is 6.04 Å². The third-order valence-corrected chi connectivity index (χ3v) is 3.95. The number of aryl methyl sites for hydroxylation is 2. The molecule has 2 aromatic rings. The van der Waals surface area contributed by atoms with Crippen molar-refractivity contribution in [1.29, 1.82) is 0 Å². The maximum Gasteiger partial charge on any atom is 0.0771 e. The first-order valence-corrected chi connectivity index (χ1v) is 7.52. The number of anilines is 1. The molecule has 0 saturated carbocycles. The van der Waals surface area contributed by atoms with E-state index in [2.05, 4.69) is 28.6 Å². The SMILES string of the molecule is Cc1nn(C)cc1C(C)Nc1cnn(CC2CCCO2)c1. The first-order valence-electron chi connectivity index (χ1n) is 7.52. The predicted octanol–water partition coefficient (Wildman–Crippen LogP) is 2.28. The summed E-state index contributed by atoms with van der Waals surface area (Å²) < 4.78 is 9.45. The molecule has 0 radical (unpaired) electrons. The lowest BCUT2D eigenvalue weighted by molar-refractivity contribution is 0.0940. The molecule has 3 heterocycles. The largest absolute Gasteiger partial charge is 0.376 e. The van der Waals surface area contributed by atoms with Crippen LogP contribution < -0.4 is 5.32 Å². The first kappa shape index (κ1) is 14.1. The monoisotopic (exact) mass is 289 g/mol. The molecule has 1 saturated heterocycles. The molecule has 1 aliphatic rings. The zero-order valence-corrected chi connectivity index (χ0v) is 12.9. The molecule has 2 unspecified atom stereocenters. The normalized spacial score (nSPS) is 19.9. The Hall–Kier alpha value is -1.82. The molecule has 2 atom stereocenters. The fraction of sp³-hybridized carbons (Fsp3) is 0.600. The van der Waals surface area contributed by atoms with E-state index in [1.807, 2.05) is 35.7 Å². The molecule has 0 amide bonds. The van der Waals surface area contributed by atoms with Gasteiger partial charge in [-0.15, -0.1) is 0 Å². The summed E-state index contributed by atoms with van der Waals surface area (Å²) in [6.45, 7) is 5.89. The topological polar surface area (TPSA) is 56.9 Å². The van der Waals surface area contributed by atoms with Crippen LogP contribution in [0, 0.1) is 6.92 Å². The third kappa shape index (κ3) is 3.26. The van der Waals surface area contributed by atoms with Gasteiger partial charge in [0.05, 0.1) is 36.3 Å². The Morgan fingerprint density at radius 2 is 2.33 bits per heavy atom. The van der Waals surface area contributed by atoms with Crippen molar-refractivity contribution in [1.82, 2.24) is 19.6 Å². The van der Waals surface area contributed by atoms with Gasteiger partial charge in [0.25, 0.3) is 0 Å². The van der Waals surface area contributed by atoms with E-state index < -0.39 is 0 Å². The molecule has 114 valence electrons. The molecule has 1 aliphatic heterocycles. The molecule has 0 spiro atoms.